The fraction of sp³-hybridized carbons (Fsp3) is 0.667. The molecule has 0 unspecified atom stereocenters. The van der Waals surface area contributed by atoms with Gasteiger partial charge in [-0.05, 0) is 6.42 Å². The Hall–Kier alpha value is -1.04. The zero-order valence-corrected chi connectivity index (χ0v) is 9.76. The van der Waals surface area contributed by atoms with E-state index in [1.54, 1.807) is 7.05 Å². The van der Waals surface area contributed by atoms with Crippen molar-refractivity contribution in [1.82, 2.24) is 14.8 Å². The minimum atomic E-state index is -0.206. The molecule has 1 aromatic rings. The van der Waals surface area contributed by atoms with Crippen LogP contribution in [-0.2, 0) is 11.8 Å². The van der Waals surface area contributed by atoms with E-state index in [0.29, 0.717) is 18.0 Å². The van der Waals surface area contributed by atoms with Gasteiger partial charge in [0.15, 0.2) is 5.16 Å². The Morgan fingerprint density at radius 3 is 2.87 bits per heavy atom. The lowest BCUT2D eigenvalue weighted by Crippen LogP contribution is -2.12. The predicted molar refractivity (Wildman–Crippen MR) is 59.1 cm³/mol. The van der Waals surface area contributed by atoms with E-state index < -0.39 is 0 Å². The lowest BCUT2D eigenvalue weighted by atomic mass is 10.2. The number of aromatic amines is 1. The van der Waals surface area contributed by atoms with Gasteiger partial charge in [-0.15, -0.1) is 5.10 Å². The second-order valence-corrected chi connectivity index (χ2v) is 4.28. The summed E-state index contributed by atoms with van der Waals surface area (Å²) in [6.07, 6.45) is 2.05. The smallest absolute Gasteiger partial charge is 0.300 e. The molecular formula is C9H15N3O2S. The molecule has 15 heavy (non-hydrogen) atoms. The lowest BCUT2D eigenvalue weighted by molar-refractivity contribution is -0.118. The number of hydrogen-bond donors (Lipinski definition) is 1. The van der Waals surface area contributed by atoms with Crippen molar-refractivity contribution in [2.45, 2.75) is 31.3 Å². The van der Waals surface area contributed by atoms with E-state index in [-0.39, 0.29) is 11.5 Å². The number of nitrogens with one attached hydrogen (secondary N) is 1. The summed E-state index contributed by atoms with van der Waals surface area (Å²) in [4.78, 5) is 22.0. The van der Waals surface area contributed by atoms with E-state index >= 15 is 0 Å². The quantitative estimate of drug-likeness (QED) is 0.583. The van der Waals surface area contributed by atoms with E-state index in [4.69, 9.17) is 0 Å². The molecule has 0 aliphatic heterocycles. The average molecular weight is 229 g/mol. The number of aromatic nitrogens is 3. The molecule has 0 aliphatic carbocycles. The summed E-state index contributed by atoms with van der Waals surface area (Å²) in [7, 11) is 1.67. The summed E-state index contributed by atoms with van der Waals surface area (Å²) in [6.45, 7) is 1.87. The molecule has 84 valence electrons. The number of ketones is 1. The van der Waals surface area contributed by atoms with Crippen LogP contribution in [0.3, 0.4) is 0 Å². The van der Waals surface area contributed by atoms with Gasteiger partial charge in [0.2, 0.25) is 0 Å². The molecule has 0 atom stereocenters. The van der Waals surface area contributed by atoms with Crippen LogP contribution in [0.1, 0.15) is 26.2 Å². The van der Waals surface area contributed by atoms with Gasteiger partial charge in [0.25, 0.3) is 0 Å². The highest BCUT2D eigenvalue weighted by molar-refractivity contribution is 7.99. The van der Waals surface area contributed by atoms with Crippen LogP contribution in [0.5, 0.6) is 0 Å². The first-order chi connectivity index (χ1) is 7.15. The van der Waals surface area contributed by atoms with Crippen LogP contribution in [0.15, 0.2) is 9.95 Å². The summed E-state index contributed by atoms with van der Waals surface area (Å²) in [5.74, 6) is 1.09. The molecule has 0 saturated heterocycles. The number of carbonyl (C=O) groups excluding carboxylic acids is 1. The Morgan fingerprint density at radius 2 is 2.33 bits per heavy atom. The molecule has 0 amide bonds. The number of thioether (sulfide) groups is 1. The zero-order valence-electron chi connectivity index (χ0n) is 8.95. The number of H-pyrrole nitrogens is 1. The van der Waals surface area contributed by atoms with Gasteiger partial charge in [-0.3, -0.25) is 9.36 Å². The summed E-state index contributed by atoms with van der Waals surface area (Å²) in [6, 6.07) is 0. The van der Waals surface area contributed by atoms with Crippen molar-refractivity contribution in [3.05, 3.63) is 10.5 Å². The molecule has 1 N–H and O–H groups in total. The third-order valence-electron chi connectivity index (χ3n) is 2.06. The standard InChI is InChI=1S/C9H15N3O2S/c1-3-7(13)5-4-6-15-9-11-10-8(14)12(9)2/h3-6H2,1-2H3,(H,10,14). The van der Waals surface area contributed by atoms with Crippen LogP contribution in [0.4, 0.5) is 0 Å². The third-order valence-corrected chi connectivity index (χ3v) is 3.18. The molecule has 0 aliphatic rings. The molecule has 1 rings (SSSR count). The zero-order chi connectivity index (χ0) is 11.3. The molecule has 0 saturated carbocycles. The van der Waals surface area contributed by atoms with E-state index in [2.05, 4.69) is 10.2 Å². The fourth-order valence-electron chi connectivity index (χ4n) is 1.07. The van der Waals surface area contributed by atoms with Crippen molar-refractivity contribution in [3.63, 3.8) is 0 Å². The van der Waals surface area contributed by atoms with Gasteiger partial charge in [-0.1, -0.05) is 18.7 Å². The molecule has 0 fully saturated rings. The Labute approximate surface area is 92.3 Å². The van der Waals surface area contributed by atoms with Gasteiger partial charge in [-0.2, -0.15) is 0 Å². The van der Waals surface area contributed by atoms with Gasteiger partial charge < -0.3 is 0 Å². The Balaban J connectivity index is 2.29. The van der Waals surface area contributed by atoms with Crippen LogP contribution in [-0.4, -0.2) is 26.3 Å². The maximum atomic E-state index is 11.0. The number of Topliss-reactive ketones (excluding diaryl/α,β-unsaturated/α-hetero) is 1. The summed E-state index contributed by atoms with van der Waals surface area (Å²) in [5.41, 5.74) is -0.206. The SMILES string of the molecule is CCC(=O)CCCSc1n[nH]c(=O)n1C. The normalized spacial score (nSPS) is 10.5. The van der Waals surface area contributed by atoms with Crippen LogP contribution in [0.25, 0.3) is 0 Å². The second-order valence-electron chi connectivity index (χ2n) is 3.21. The summed E-state index contributed by atoms with van der Waals surface area (Å²) in [5, 5.41) is 6.89. The summed E-state index contributed by atoms with van der Waals surface area (Å²) < 4.78 is 1.46. The van der Waals surface area contributed by atoms with Crippen molar-refractivity contribution in [2.24, 2.45) is 7.05 Å². The first-order valence-corrected chi connectivity index (χ1v) is 5.89. The van der Waals surface area contributed by atoms with Crippen molar-refractivity contribution >= 4 is 17.5 Å². The summed E-state index contributed by atoms with van der Waals surface area (Å²) >= 11 is 1.49. The first-order valence-electron chi connectivity index (χ1n) is 4.91. The largest absolute Gasteiger partial charge is 0.343 e. The van der Waals surface area contributed by atoms with Crippen LogP contribution < -0.4 is 5.69 Å². The number of hydrogen-bond acceptors (Lipinski definition) is 4. The van der Waals surface area contributed by atoms with Crippen LogP contribution >= 0.6 is 11.8 Å². The Kier molecular flexibility index (Phi) is 4.61. The average Bonchev–Trinajstić information content (AvgIpc) is 2.55. The maximum absolute atomic E-state index is 11.0. The number of carbonyl (C=O) groups is 1. The van der Waals surface area contributed by atoms with Gasteiger partial charge in [0.1, 0.15) is 5.78 Å². The fourth-order valence-corrected chi connectivity index (χ4v) is 1.93. The van der Waals surface area contributed by atoms with Gasteiger partial charge >= 0.3 is 5.69 Å². The Bertz CT molecular complexity index is 383. The minimum Gasteiger partial charge on any atom is -0.300 e. The highest BCUT2D eigenvalue weighted by atomic mass is 32.2. The molecule has 0 bridgehead atoms. The highest BCUT2D eigenvalue weighted by Gasteiger charge is 2.04. The molecule has 5 nitrogen and oxygen atoms in total. The van der Waals surface area contributed by atoms with Gasteiger partial charge in [0.05, 0.1) is 0 Å². The third kappa shape index (κ3) is 3.54. The van der Waals surface area contributed by atoms with Crippen LogP contribution in [0.2, 0.25) is 0 Å². The maximum Gasteiger partial charge on any atom is 0.343 e. The molecular weight excluding hydrogens is 214 g/mol. The van der Waals surface area contributed by atoms with Gasteiger partial charge in [-0.25, -0.2) is 9.89 Å². The topological polar surface area (TPSA) is 67.8 Å². The molecule has 6 heteroatoms. The second kappa shape index (κ2) is 5.75. The first kappa shape index (κ1) is 12.0. The van der Waals surface area contributed by atoms with Crippen molar-refractivity contribution in [1.29, 1.82) is 0 Å². The molecule has 0 aromatic carbocycles. The monoisotopic (exact) mass is 229 g/mol. The van der Waals surface area contributed by atoms with E-state index in [1.807, 2.05) is 6.92 Å². The molecule has 1 heterocycles. The molecule has 0 radical (unpaired) electrons. The highest BCUT2D eigenvalue weighted by Crippen LogP contribution is 2.14. The van der Waals surface area contributed by atoms with Crippen LogP contribution in [0, 0.1) is 0 Å². The number of nitrogens with zero attached hydrogens (tertiary/aromatic N) is 2. The van der Waals surface area contributed by atoms with Gasteiger partial charge in [0, 0.05) is 25.6 Å². The van der Waals surface area contributed by atoms with Crippen molar-refractivity contribution < 1.29 is 4.79 Å². The van der Waals surface area contributed by atoms with Crippen molar-refractivity contribution in [2.75, 3.05) is 5.75 Å². The lowest BCUT2D eigenvalue weighted by Gasteiger charge is -1.99. The van der Waals surface area contributed by atoms with E-state index in [9.17, 15) is 9.59 Å². The number of rotatable bonds is 6. The Morgan fingerprint density at radius 1 is 1.60 bits per heavy atom. The van der Waals surface area contributed by atoms with E-state index in [1.165, 1.54) is 16.3 Å². The molecule has 0 spiro atoms. The predicted octanol–water partition coefficient (Wildman–Crippen LogP) is 0.960. The van der Waals surface area contributed by atoms with E-state index in [0.717, 1.165) is 12.2 Å². The van der Waals surface area contributed by atoms with Crippen molar-refractivity contribution in [3.8, 4) is 0 Å². The minimum absolute atomic E-state index is 0.206. The molecule has 1 aromatic heterocycles.